The maximum atomic E-state index is 12.1. The van der Waals surface area contributed by atoms with Crippen LogP contribution in [0.1, 0.15) is 34.1 Å². The van der Waals surface area contributed by atoms with Crippen molar-refractivity contribution in [3.05, 3.63) is 10.4 Å². The molecule has 0 unspecified atom stereocenters. The van der Waals surface area contributed by atoms with Crippen LogP contribution in [0.3, 0.4) is 0 Å². The first-order valence-corrected chi connectivity index (χ1v) is 6.48. The molecule has 1 fully saturated rings. The molecule has 1 rings (SSSR count). The molecule has 1 aliphatic heterocycles. The largest absolute Gasteiger partial charge is 0.443 e. The molecule has 0 aromatic rings. The third-order valence-corrected chi connectivity index (χ3v) is 2.77. The number of carbonyl (C=O) groups excluding carboxylic acids is 3. The number of hydrogen-bond donors (Lipinski definition) is 1. The molecule has 0 bridgehead atoms. The predicted molar refractivity (Wildman–Crippen MR) is 73.1 cm³/mol. The maximum Gasteiger partial charge on any atom is 0.417 e. The van der Waals surface area contributed by atoms with E-state index in [0.29, 0.717) is 0 Å². The summed E-state index contributed by atoms with van der Waals surface area (Å²) in [5.74, 6) is -0.800. The molecule has 1 heterocycles. The van der Waals surface area contributed by atoms with E-state index >= 15 is 0 Å². The zero-order valence-electron chi connectivity index (χ0n) is 12.5. The normalized spacial score (nSPS) is 21.7. The number of carbonyl (C=O) groups is 3. The highest BCUT2D eigenvalue weighted by Crippen LogP contribution is 2.23. The zero-order valence-corrected chi connectivity index (χ0v) is 12.5. The van der Waals surface area contributed by atoms with Gasteiger partial charge in [0.25, 0.3) is 0 Å². The van der Waals surface area contributed by atoms with Crippen molar-refractivity contribution >= 4 is 17.9 Å². The Morgan fingerprint density at radius 2 is 2.14 bits per heavy atom. The van der Waals surface area contributed by atoms with Gasteiger partial charge in [0.15, 0.2) is 0 Å². The molecule has 0 aromatic heterocycles. The van der Waals surface area contributed by atoms with E-state index in [1.54, 1.807) is 20.8 Å². The van der Waals surface area contributed by atoms with Gasteiger partial charge in [-0.05, 0) is 26.3 Å². The van der Waals surface area contributed by atoms with Crippen LogP contribution in [0, 0.1) is 0 Å². The summed E-state index contributed by atoms with van der Waals surface area (Å²) in [5.41, 5.74) is 7.67. The Labute approximate surface area is 122 Å². The van der Waals surface area contributed by atoms with Crippen LogP contribution in [0.4, 0.5) is 4.79 Å². The van der Waals surface area contributed by atoms with Crippen LogP contribution in [0.5, 0.6) is 0 Å². The third kappa shape index (κ3) is 4.64. The monoisotopic (exact) mass is 297 g/mol. The second kappa shape index (κ2) is 6.45. The van der Waals surface area contributed by atoms with Crippen LogP contribution in [0.2, 0.25) is 0 Å². The van der Waals surface area contributed by atoms with Crippen molar-refractivity contribution in [2.24, 2.45) is 5.11 Å². The van der Waals surface area contributed by atoms with Crippen molar-refractivity contribution in [1.82, 2.24) is 10.2 Å². The van der Waals surface area contributed by atoms with Crippen molar-refractivity contribution in [2.75, 3.05) is 6.54 Å². The number of nitrogens with zero attached hydrogens (tertiary/aromatic N) is 4. The van der Waals surface area contributed by atoms with E-state index in [0.717, 1.165) is 4.90 Å². The van der Waals surface area contributed by atoms with Gasteiger partial charge in [-0.15, -0.1) is 0 Å². The SMILES string of the molecule is CC(=O)N[C@H]1CC(=O)N(C(=O)OC(C)(C)C)[C@@H]1CN=[N+]=[N-]. The molecule has 0 saturated carbocycles. The molecule has 21 heavy (non-hydrogen) atoms. The topological polar surface area (TPSA) is 124 Å². The number of imide groups is 1. The molecule has 0 aromatic carbocycles. The average molecular weight is 297 g/mol. The van der Waals surface area contributed by atoms with Crippen molar-refractivity contribution in [3.8, 4) is 0 Å². The van der Waals surface area contributed by atoms with Gasteiger partial charge in [0.05, 0.1) is 12.1 Å². The number of azide groups is 1. The Bertz CT molecular complexity index is 492. The highest BCUT2D eigenvalue weighted by Gasteiger charge is 2.45. The molecule has 0 radical (unpaired) electrons. The molecule has 2 atom stereocenters. The summed E-state index contributed by atoms with van der Waals surface area (Å²) in [6, 6.07) is -1.33. The number of rotatable bonds is 3. The summed E-state index contributed by atoms with van der Waals surface area (Å²) in [6.07, 6.45) is -0.844. The first-order valence-electron chi connectivity index (χ1n) is 6.48. The van der Waals surface area contributed by atoms with Gasteiger partial charge in [0, 0.05) is 24.8 Å². The molecule has 0 spiro atoms. The lowest BCUT2D eigenvalue weighted by atomic mass is 10.1. The molecule has 1 aliphatic rings. The van der Waals surface area contributed by atoms with Gasteiger partial charge in [0.1, 0.15) is 5.60 Å². The van der Waals surface area contributed by atoms with Crippen LogP contribution < -0.4 is 5.32 Å². The molecule has 9 nitrogen and oxygen atoms in total. The smallest absolute Gasteiger partial charge is 0.417 e. The quantitative estimate of drug-likeness (QED) is 0.479. The lowest BCUT2D eigenvalue weighted by Gasteiger charge is -2.28. The average Bonchev–Trinajstić information content (AvgIpc) is 2.59. The van der Waals surface area contributed by atoms with E-state index in [4.69, 9.17) is 10.3 Å². The highest BCUT2D eigenvalue weighted by atomic mass is 16.6. The lowest BCUT2D eigenvalue weighted by Crippen LogP contribution is -2.49. The van der Waals surface area contributed by atoms with Crippen LogP contribution >= 0.6 is 0 Å². The van der Waals surface area contributed by atoms with Crippen LogP contribution in [0.15, 0.2) is 5.11 Å². The molecule has 1 N–H and O–H groups in total. The van der Waals surface area contributed by atoms with Gasteiger partial charge in [-0.1, -0.05) is 5.11 Å². The van der Waals surface area contributed by atoms with Crippen LogP contribution in [0.25, 0.3) is 10.4 Å². The van der Waals surface area contributed by atoms with Crippen molar-refractivity contribution in [2.45, 2.75) is 51.8 Å². The highest BCUT2D eigenvalue weighted by molar-refractivity contribution is 5.95. The zero-order chi connectivity index (χ0) is 16.2. The van der Waals surface area contributed by atoms with E-state index in [9.17, 15) is 14.4 Å². The van der Waals surface area contributed by atoms with Gasteiger partial charge < -0.3 is 10.1 Å². The Morgan fingerprint density at radius 3 is 2.62 bits per heavy atom. The van der Waals surface area contributed by atoms with E-state index < -0.39 is 29.7 Å². The number of likely N-dealkylation sites (tertiary alicyclic amines) is 1. The molecule has 3 amide bonds. The fourth-order valence-corrected chi connectivity index (χ4v) is 2.07. The van der Waals surface area contributed by atoms with Crippen molar-refractivity contribution in [3.63, 3.8) is 0 Å². The first kappa shape index (κ1) is 16.8. The first-order chi connectivity index (χ1) is 9.65. The predicted octanol–water partition coefficient (Wildman–Crippen LogP) is 1.34. The number of nitrogens with one attached hydrogen (secondary N) is 1. The van der Waals surface area contributed by atoms with Crippen LogP contribution in [-0.4, -0.2) is 47.0 Å². The summed E-state index contributed by atoms with van der Waals surface area (Å²) < 4.78 is 5.17. The number of hydrogen-bond acceptors (Lipinski definition) is 5. The Hall–Kier alpha value is -2.28. The second-order valence-corrected chi connectivity index (χ2v) is 5.74. The summed E-state index contributed by atoms with van der Waals surface area (Å²) in [6.45, 7) is 6.23. The van der Waals surface area contributed by atoms with E-state index in [1.165, 1.54) is 6.92 Å². The van der Waals surface area contributed by atoms with E-state index in [-0.39, 0.29) is 18.9 Å². The summed E-state index contributed by atoms with van der Waals surface area (Å²) >= 11 is 0. The molecular formula is C12H19N5O4. The van der Waals surface area contributed by atoms with Gasteiger partial charge in [0.2, 0.25) is 11.8 Å². The molecule has 0 aliphatic carbocycles. The van der Waals surface area contributed by atoms with Gasteiger partial charge in [-0.3, -0.25) is 9.59 Å². The van der Waals surface area contributed by atoms with E-state index in [1.807, 2.05) is 0 Å². The van der Waals surface area contributed by atoms with Gasteiger partial charge >= 0.3 is 6.09 Å². The minimum Gasteiger partial charge on any atom is -0.443 e. The minimum atomic E-state index is -0.807. The van der Waals surface area contributed by atoms with Crippen molar-refractivity contribution in [1.29, 1.82) is 0 Å². The lowest BCUT2D eigenvalue weighted by molar-refractivity contribution is -0.128. The fraction of sp³-hybridized carbons (Fsp3) is 0.750. The standard InChI is InChI=1S/C12H19N5O4/c1-7(18)15-8-5-10(19)17(9(8)6-14-16-13)11(20)21-12(2,3)4/h8-9H,5-6H2,1-4H3,(H,15,18)/t8-,9+/m0/s1. The number of ether oxygens (including phenoxy) is 1. The molecule has 9 heteroatoms. The Balaban J connectivity index is 2.97. The van der Waals surface area contributed by atoms with Crippen LogP contribution in [-0.2, 0) is 14.3 Å². The minimum absolute atomic E-state index is 0.0373. The summed E-state index contributed by atoms with van der Waals surface area (Å²) in [4.78, 5) is 38.8. The van der Waals surface area contributed by atoms with Gasteiger partial charge in [-0.25, -0.2) is 9.69 Å². The van der Waals surface area contributed by atoms with Crippen molar-refractivity contribution < 1.29 is 19.1 Å². The summed E-state index contributed by atoms with van der Waals surface area (Å²) in [5, 5.41) is 5.99. The van der Waals surface area contributed by atoms with Gasteiger partial charge in [-0.2, -0.15) is 0 Å². The molecular weight excluding hydrogens is 278 g/mol. The third-order valence-electron chi connectivity index (χ3n) is 2.77. The Morgan fingerprint density at radius 1 is 1.52 bits per heavy atom. The Kier molecular flexibility index (Phi) is 5.15. The molecule has 116 valence electrons. The summed E-state index contributed by atoms with van der Waals surface area (Å²) in [7, 11) is 0. The maximum absolute atomic E-state index is 12.1. The fourth-order valence-electron chi connectivity index (χ4n) is 2.07. The second-order valence-electron chi connectivity index (χ2n) is 5.74. The van der Waals surface area contributed by atoms with E-state index in [2.05, 4.69) is 15.3 Å². The molecule has 1 saturated heterocycles. The number of amides is 3.